The van der Waals surface area contributed by atoms with Crippen molar-refractivity contribution < 1.29 is 23.1 Å². The second-order valence-electron chi connectivity index (χ2n) is 7.29. The van der Waals surface area contributed by atoms with Crippen LogP contribution in [0.3, 0.4) is 0 Å². The number of nitrogens with zero attached hydrogens (tertiary/aromatic N) is 2. The highest BCUT2D eigenvalue weighted by Gasteiger charge is 2.32. The molecule has 3 rings (SSSR count). The van der Waals surface area contributed by atoms with Crippen LogP contribution in [0.15, 0.2) is 89.6 Å². The van der Waals surface area contributed by atoms with Gasteiger partial charge in [-0.1, -0.05) is 41.9 Å². The zero-order valence-electron chi connectivity index (χ0n) is 17.9. The summed E-state index contributed by atoms with van der Waals surface area (Å²) in [5, 5.41) is 22.6. The molecule has 0 heterocycles. The number of carbonyl (C=O) groups is 1. The van der Waals surface area contributed by atoms with Crippen LogP contribution >= 0.6 is 11.6 Å². The van der Waals surface area contributed by atoms with Crippen molar-refractivity contribution in [3.8, 4) is 6.07 Å². The molecule has 0 aliphatic rings. The minimum atomic E-state index is -4.88. The normalized spacial score (nSPS) is 13.1. The highest BCUT2D eigenvalue weighted by Crippen LogP contribution is 2.26. The zero-order valence-corrected chi connectivity index (χ0v) is 18.7. The number of halogens is 4. The van der Waals surface area contributed by atoms with Crippen molar-refractivity contribution in [2.75, 3.05) is 5.32 Å². The Kier molecular flexibility index (Phi) is 7.91. The molecule has 35 heavy (non-hydrogen) atoms. The quantitative estimate of drug-likeness (QED) is 0.394. The lowest BCUT2D eigenvalue weighted by atomic mass is 10.0. The lowest BCUT2D eigenvalue weighted by molar-refractivity contribution is -0.110. The third-order valence-electron chi connectivity index (χ3n) is 4.72. The summed E-state index contributed by atoms with van der Waals surface area (Å²) in [5.74, 6) is -0.974. The number of allylic oxidation sites excluding steroid dienone is 1. The molecule has 1 atom stereocenters. The molecule has 4 N–H and O–H groups in total. The van der Waals surface area contributed by atoms with E-state index >= 15 is 0 Å². The molecule has 3 aromatic rings. The standard InChI is InChI=1S/C25H18ClF3N4O2/c26-18-9-7-16(8-10-18)23(34)17-4-2-6-20(12-17)33-24(35)21(13-22(31)25(27,28)29)32-19-5-1-3-15(11-19)14-30/h1-13,23,34H,31H2,(H,33,35). The molecule has 3 aromatic carbocycles. The summed E-state index contributed by atoms with van der Waals surface area (Å²) in [4.78, 5) is 16.8. The monoisotopic (exact) mass is 498 g/mol. The predicted molar refractivity (Wildman–Crippen MR) is 127 cm³/mol. The minimum Gasteiger partial charge on any atom is -0.395 e. The summed E-state index contributed by atoms with van der Waals surface area (Å²) < 4.78 is 39.1. The van der Waals surface area contributed by atoms with E-state index in [1.807, 2.05) is 6.07 Å². The van der Waals surface area contributed by atoms with Gasteiger partial charge in [0.15, 0.2) is 0 Å². The number of anilines is 1. The van der Waals surface area contributed by atoms with Gasteiger partial charge in [0.2, 0.25) is 0 Å². The number of alkyl halides is 3. The predicted octanol–water partition coefficient (Wildman–Crippen LogP) is 5.41. The van der Waals surface area contributed by atoms with Crippen LogP contribution in [0.25, 0.3) is 0 Å². The summed E-state index contributed by atoms with van der Waals surface area (Å²) in [7, 11) is 0. The summed E-state index contributed by atoms with van der Waals surface area (Å²) in [6.45, 7) is 0. The van der Waals surface area contributed by atoms with Gasteiger partial charge in [0.25, 0.3) is 5.91 Å². The van der Waals surface area contributed by atoms with E-state index in [9.17, 15) is 23.1 Å². The van der Waals surface area contributed by atoms with E-state index in [0.717, 1.165) is 0 Å². The van der Waals surface area contributed by atoms with Crippen LogP contribution in [-0.4, -0.2) is 22.9 Å². The second kappa shape index (κ2) is 10.9. The number of aliphatic hydroxyl groups is 1. The zero-order chi connectivity index (χ0) is 25.6. The van der Waals surface area contributed by atoms with E-state index in [1.54, 1.807) is 36.4 Å². The fraction of sp³-hybridized carbons (Fsp3) is 0.0800. The van der Waals surface area contributed by atoms with Crippen LogP contribution in [0.5, 0.6) is 0 Å². The molecular weight excluding hydrogens is 481 g/mol. The van der Waals surface area contributed by atoms with Crippen LogP contribution in [0, 0.1) is 11.3 Å². The van der Waals surface area contributed by atoms with E-state index in [1.165, 1.54) is 36.4 Å². The number of benzene rings is 3. The van der Waals surface area contributed by atoms with Gasteiger partial charge in [-0.05, 0) is 59.7 Å². The molecule has 0 aliphatic heterocycles. The maximum absolute atomic E-state index is 13.0. The molecule has 0 radical (unpaired) electrons. The van der Waals surface area contributed by atoms with Crippen molar-refractivity contribution in [1.82, 2.24) is 0 Å². The molecule has 0 fully saturated rings. The van der Waals surface area contributed by atoms with Gasteiger partial charge in [-0.2, -0.15) is 18.4 Å². The molecular formula is C25H18ClF3N4O2. The van der Waals surface area contributed by atoms with E-state index in [2.05, 4.69) is 10.3 Å². The first-order chi connectivity index (χ1) is 16.6. The summed E-state index contributed by atoms with van der Waals surface area (Å²) in [5.41, 5.74) is 4.45. The van der Waals surface area contributed by atoms with Gasteiger partial charge in [-0.15, -0.1) is 0 Å². The lowest BCUT2D eigenvalue weighted by Gasteiger charge is -2.14. The van der Waals surface area contributed by atoms with Crippen molar-refractivity contribution in [3.63, 3.8) is 0 Å². The Hall–Kier alpha value is -4.13. The van der Waals surface area contributed by atoms with Gasteiger partial charge >= 0.3 is 6.18 Å². The van der Waals surface area contributed by atoms with Gasteiger partial charge in [-0.25, -0.2) is 4.99 Å². The molecule has 1 unspecified atom stereocenters. The fourth-order valence-corrected chi connectivity index (χ4v) is 3.11. The maximum atomic E-state index is 13.0. The molecule has 0 bridgehead atoms. The third-order valence-corrected chi connectivity index (χ3v) is 4.97. The van der Waals surface area contributed by atoms with Gasteiger partial charge in [0.05, 0.1) is 17.3 Å². The van der Waals surface area contributed by atoms with Crippen molar-refractivity contribution in [2.24, 2.45) is 10.7 Å². The summed E-state index contributed by atoms with van der Waals surface area (Å²) in [6, 6.07) is 20.3. The number of rotatable bonds is 6. The minimum absolute atomic E-state index is 0.0901. The maximum Gasteiger partial charge on any atom is 0.430 e. The second-order valence-corrected chi connectivity index (χ2v) is 7.73. The largest absolute Gasteiger partial charge is 0.430 e. The number of carbonyl (C=O) groups excluding carboxylic acids is 1. The van der Waals surface area contributed by atoms with E-state index in [4.69, 9.17) is 22.6 Å². The van der Waals surface area contributed by atoms with Crippen LogP contribution in [0.1, 0.15) is 22.8 Å². The highest BCUT2D eigenvalue weighted by molar-refractivity contribution is 6.47. The molecule has 178 valence electrons. The molecule has 10 heteroatoms. The molecule has 0 aliphatic carbocycles. The smallest absolute Gasteiger partial charge is 0.395 e. The number of aliphatic imine (C=N–C) groups is 1. The van der Waals surface area contributed by atoms with Gasteiger partial charge < -0.3 is 16.2 Å². The van der Waals surface area contributed by atoms with Crippen molar-refractivity contribution >= 4 is 34.6 Å². The number of nitriles is 1. The molecule has 0 spiro atoms. The topological polar surface area (TPSA) is 112 Å². The average Bonchev–Trinajstić information content (AvgIpc) is 2.83. The molecule has 6 nitrogen and oxygen atoms in total. The first-order valence-corrected chi connectivity index (χ1v) is 10.4. The first kappa shape index (κ1) is 25.5. The van der Waals surface area contributed by atoms with Gasteiger partial charge in [0.1, 0.15) is 17.5 Å². The highest BCUT2D eigenvalue weighted by atomic mass is 35.5. The van der Waals surface area contributed by atoms with Crippen LogP contribution in [0.4, 0.5) is 24.5 Å². The SMILES string of the molecule is N#Cc1cccc(N=C(C=C(N)C(F)(F)F)C(=O)Nc2cccc(C(O)c3ccc(Cl)cc3)c2)c1. The Morgan fingerprint density at radius 3 is 2.43 bits per heavy atom. The number of hydrogen-bond acceptors (Lipinski definition) is 5. The third kappa shape index (κ3) is 6.93. The Balaban J connectivity index is 1.92. The van der Waals surface area contributed by atoms with Crippen molar-refractivity contribution in [2.45, 2.75) is 12.3 Å². The number of nitrogens with one attached hydrogen (secondary N) is 1. The molecule has 0 saturated carbocycles. The van der Waals surface area contributed by atoms with E-state index < -0.39 is 29.6 Å². The fourth-order valence-electron chi connectivity index (χ4n) is 2.98. The number of aliphatic hydroxyl groups excluding tert-OH is 1. The number of nitrogens with two attached hydrogens (primary N) is 1. The van der Waals surface area contributed by atoms with Gasteiger partial charge in [0, 0.05) is 10.7 Å². The van der Waals surface area contributed by atoms with Crippen molar-refractivity contribution in [1.29, 1.82) is 5.26 Å². The Morgan fingerprint density at radius 2 is 1.77 bits per heavy atom. The summed E-state index contributed by atoms with van der Waals surface area (Å²) >= 11 is 5.87. The van der Waals surface area contributed by atoms with Gasteiger partial charge in [-0.3, -0.25) is 4.79 Å². The van der Waals surface area contributed by atoms with E-state index in [0.29, 0.717) is 22.2 Å². The van der Waals surface area contributed by atoms with Crippen LogP contribution < -0.4 is 11.1 Å². The Morgan fingerprint density at radius 1 is 1.09 bits per heavy atom. The molecule has 1 amide bonds. The average molecular weight is 499 g/mol. The Bertz CT molecular complexity index is 1330. The number of amides is 1. The lowest BCUT2D eigenvalue weighted by Crippen LogP contribution is -2.26. The number of hydrogen-bond donors (Lipinski definition) is 3. The first-order valence-electron chi connectivity index (χ1n) is 10.0. The molecule has 0 saturated heterocycles. The summed E-state index contributed by atoms with van der Waals surface area (Å²) in [6.07, 6.45) is -5.49. The van der Waals surface area contributed by atoms with Crippen LogP contribution in [0.2, 0.25) is 5.02 Å². The van der Waals surface area contributed by atoms with Crippen LogP contribution in [-0.2, 0) is 4.79 Å². The van der Waals surface area contributed by atoms with Crippen molar-refractivity contribution in [3.05, 3.63) is 106 Å². The van der Waals surface area contributed by atoms with E-state index in [-0.39, 0.29) is 16.9 Å². The Labute approximate surface area is 203 Å². The molecule has 0 aromatic heterocycles.